The Kier molecular flexibility index (Phi) is 10.6. The molecular weight excluding hydrogens is 644 g/mol. The second-order valence-electron chi connectivity index (χ2n) is 11.7. The minimum atomic E-state index is -5.30. The van der Waals surface area contributed by atoms with Crippen LogP contribution in [0.1, 0.15) is 90.5 Å². The van der Waals surface area contributed by atoms with Crippen LogP contribution < -0.4 is 5.32 Å². The number of amides is 1. The van der Waals surface area contributed by atoms with E-state index in [-0.39, 0.29) is 18.0 Å². The maximum atomic E-state index is 13.6. The van der Waals surface area contributed by atoms with Gasteiger partial charge < -0.3 is 10.1 Å². The number of ketones is 1. The number of esters is 1. The highest BCUT2D eigenvalue weighted by Gasteiger charge is 2.44. The standard InChI is InChI=1S/C33H33F6N5O4/c1-5-6-12-25(26(45)18-48-30(47)28-22(32(34,35)36)10-7-11-23(28)33(37,38)39)44-17-27(42-43-44)31(4,19(2)3)41-29(46)21-13-14-24-20(16-21)9-8-15-40-24/h7-11,13-17,19,25H,5-6,12,18H2,1-4H3,(H,41,46)/t25-,31-/m0/s1. The predicted molar refractivity (Wildman–Crippen MR) is 162 cm³/mol. The predicted octanol–water partition coefficient (Wildman–Crippen LogP) is 7.32. The fourth-order valence-electron chi connectivity index (χ4n) is 5.08. The average Bonchev–Trinajstić information content (AvgIpc) is 3.53. The number of fused-ring (bicyclic) bond motifs is 1. The van der Waals surface area contributed by atoms with Gasteiger partial charge in [0.25, 0.3) is 5.91 Å². The highest BCUT2D eigenvalue weighted by atomic mass is 19.4. The van der Waals surface area contributed by atoms with Gasteiger partial charge in [-0.1, -0.05) is 51.0 Å². The molecule has 0 saturated carbocycles. The summed E-state index contributed by atoms with van der Waals surface area (Å²) < 4.78 is 87.4. The normalized spacial score (nSPS) is 14.1. The molecule has 15 heteroatoms. The molecule has 0 spiro atoms. The van der Waals surface area contributed by atoms with Crippen molar-refractivity contribution in [2.45, 2.75) is 70.9 Å². The molecule has 2 aromatic heterocycles. The highest BCUT2D eigenvalue weighted by Crippen LogP contribution is 2.40. The lowest BCUT2D eigenvalue weighted by atomic mass is 9.85. The number of benzene rings is 2. The number of hydrogen-bond acceptors (Lipinski definition) is 7. The zero-order chi connectivity index (χ0) is 35.4. The fraction of sp³-hybridized carbons (Fsp3) is 0.394. The summed E-state index contributed by atoms with van der Waals surface area (Å²) in [6.45, 7) is 6.14. The molecule has 48 heavy (non-hydrogen) atoms. The molecule has 9 nitrogen and oxygen atoms in total. The van der Waals surface area contributed by atoms with Gasteiger partial charge in [-0.25, -0.2) is 9.48 Å². The first-order valence-electron chi connectivity index (χ1n) is 15.0. The van der Waals surface area contributed by atoms with Gasteiger partial charge in [-0.2, -0.15) is 26.3 Å². The number of ether oxygens (including phenoxy) is 1. The van der Waals surface area contributed by atoms with Crippen LogP contribution in [-0.2, 0) is 27.4 Å². The van der Waals surface area contributed by atoms with E-state index in [9.17, 15) is 40.7 Å². The molecule has 0 saturated heterocycles. The zero-order valence-corrected chi connectivity index (χ0v) is 26.4. The van der Waals surface area contributed by atoms with Crippen LogP contribution in [0.2, 0.25) is 0 Å². The van der Waals surface area contributed by atoms with Crippen molar-refractivity contribution < 1.29 is 45.5 Å². The molecule has 0 aliphatic heterocycles. The van der Waals surface area contributed by atoms with Crippen LogP contribution in [0.25, 0.3) is 10.9 Å². The average molecular weight is 678 g/mol. The van der Waals surface area contributed by atoms with E-state index >= 15 is 0 Å². The number of nitrogens with one attached hydrogen (secondary N) is 1. The second-order valence-corrected chi connectivity index (χ2v) is 11.7. The Hall–Kier alpha value is -4.82. The molecule has 4 rings (SSSR count). The molecular formula is C33H33F6N5O4. The van der Waals surface area contributed by atoms with Crippen molar-refractivity contribution in [3.8, 4) is 0 Å². The Morgan fingerprint density at radius 1 is 0.958 bits per heavy atom. The number of hydrogen-bond donors (Lipinski definition) is 1. The van der Waals surface area contributed by atoms with E-state index in [0.29, 0.717) is 42.1 Å². The molecule has 0 radical (unpaired) electrons. The lowest BCUT2D eigenvalue weighted by Gasteiger charge is -2.33. The van der Waals surface area contributed by atoms with Gasteiger partial charge in [-0.3, -0.25) is 14.6 Å². The van der Waals surface area contributed by atoms with Gasteiger partial charge >= 0.3 is 18.3 Å². The molecule has 0 aliphatic rings. The Morgan fingerprint density at radius 3 is 2.23 bits per heavy atom. The summed E-state index contributed by atoms with van der Waals surface area (Å²) in [5, 5.41) is 12.1. The maximum Gasteiger partial charge on any atom is 0.417 e. The van der Waals surface area contributed by atoms with E-state index < -0.39 is 64.9 Å². The molecule has 0 unspecified atom stereocenters. The van der Waals surface area contributed by atoms with Gasteiger partial charge in [0.15, 0.2) is 12.4 Å². The number of aromatic nitrogens is 4. The van der Waals surface area contributed by atoms with Crippen molar-refractivity contribution in [1.29, 1.82) is 0 Å². The maximum absolute atomic E-state index is 13.6. The summed E-state index contributed by atoms with van der Waals surface area (Å²) in [5.41, 5.74) is -5.14. The molecule has 256 valence electrons. The van der Waals surface area contributed by atoms with Gasteiger partial charge in [-0.05, 0) is 55.7 Å². The number of nitrogens with zero attached hydrogens (tertiary/aromatic N) is 4. The summed E-state index contributed by atoms with van der Waals surface area (Å²) in [6, 6.07) is 8.68. The molecule has 4 aromatic rings. The molecule has 0 bridgehead atoms. The number of rotatable bonds is 12. The first-order chi connectivity index (χ1) is 22.5. The molecule has 1 N–H and O–H groups in total. The first-order valence-corrected chi connectivity index (χ1v) is 15.0. The Morgan fingerprint density at radius 2 is 1.62 bits per heavy atom. The van der Waals surface area contributed by atoms with Crippen LogP contribution in [0, 0.1) is 5.92 Å². The molecule has 1 amide bonds. The van der Waals surface area contributed by atoms with E-state index in [2.05, 4.69) is 20.6 Å². The third-order valence-electron chi connectivity index (χ3n) is 8.18. The number of carbonyl (C=O) groups is 3. The van der Waals surface area contributed by atoms with E-state index in [1.807, 2.05) is 26.8 Å². The van der Waals surface area contributed by atoms with Crippen LogP contribution in [0.3, 0.4) is 0 Å². The number of Topliss-reactive ketones (excluding diaryl/α,β-unsaturated/α-hetero) is 1. The third-order valence-corrected chi connectivity index (χ3v) is 8.18. The van der Waals surface area contributed by atoms with Crippen LogP contribution in [0.15, 0.2) is 60.9 Å². The summed E-state index contributed by atoms with van der Waals surface area (Å²) in [7, 11) is 0. The second kappa shape index (κ2) is 14.1. The van der Waals surface area contributed by atoms with Crippen LogP contribution in [0.4, 0.5) is 26.3 Å². The van der Waals surface area contributed by atoms with Crippen LogP contribution in [-0.4, -0.2) is 44.2 Å². The molecule has 0 aliphatic carbocycles. The third kappa shape index (κ3) is 7.82. The molecule has 2 aromatic carbocycles. The van der Waals surface area contributed by atoms with Gasteiger partial charge in [-0.15, -0.1) is 5.10 Å². The number of carbonyl (C=O) groups excluding carboxylic acids is 3. The van der Waals surface area contributed by atoms with E-state index in [0.717, 1.165) is 5.39 Å². The quantitative estimate of drug-likeness (QED) is 0.123. The van der Waals surface area contributed by atoms with Gasteiger partial charge in [0.1, 0.15) is 11.7 Å². The van der Waals surface area contributed by atoms with Gasteiger partial charge in [0.2, 0.25) is 0 Å². The van der Waals surface area contributed by atoms with Crippen LogP contribution >= 0.6 is 0 Å². The number of pyridine rings is 1. The highest BCUT2D eigenvalue weighted by molar-refractivity contribution is 5.98. The van der Waals surface area contributed by atoms with Crippen LogP contribution in [0.5, 0.6) is 0 Å². The summed E-state index contributed by atoms with van der Waals surface area (Å²) in [6.07, 6.45) is -6.28. The lowest BCUT2D eigenvalue weighted by molar-refractivity contribution is -0.144. The van der Waals surface area contributed by atoms with Crippen molar-refractivity contribution in [3.63, 3.8) is 0 Å². The zero-order valence-electron chi connectivity index (χ0n) is 26.4. The van der Waals surface area contributed by atoms with Gasteiger partial charge in [0, 0.05) is 17.1 Å². The van der Waals surface area contributed by atoms with Crippen molar-refractivity contribution in [2.75, 3.05) is 6.61 Å². The summed E-state index contributed by atoms with van der Waals surface area (Å²) in [4.78, 5) is 43.7. The summed E-state index contributed by atoms with van der Waals surface area (Å²) in [5.74, 6) is -3.42. The van der Waals surface area contributed by atoms with Crippen molar-refractivity contribution in [3.05, 3.63) is 88.9 Å². The van der Waals surface area contributed by atoms with Crippen molar-refractivity contribution in [1.82, 2.24) is 25.3 Å². The Balaban J connectivity index is 1.58. The van der Waals surface area contributed by atoms with E-state index in [4.69, 9.17) is 4.74 Å². The molecule has 2 heterocycles. The molecule has 2 atom stereocenters. The topological polar surface area (TPSA) is 116 Å². The van der Waals surface area contributed by atoms with E-state index in [1.165, 1.54) is 10.9 Å². The Labute approximate surface area is 271 Å². The van der Waals surface area contributed by atoms with E-state index in [1.54, 1.807) is 37.4 Å². The Bertz CT molecular complexity index is 1770. The van der Waals surface area contributed by atoms with Crippen molar-refractivity contribution >= 4 is 28.6 Å². The lowest BCUT2D eigenvalue weighted by Crippen LogP contribution is -2.47. The number of halogens is 6. The monoisotopic (exact) mass is 677 g/mol. The minimum Gasteiger partial charge on any atom is -0.454 e. The number of unbranched alkanes of at least 4 members (excludes halogenated alkanes) is 1. The van der Waals surface area contributed by atoms with Gasteiger partial charge in [0.05, 0.1) is 33.9 Å². The fourth-order valence-corrected chi connectivity index (χ4v) is 5.08. The number of alkyl halides is 6. The largest absolute Gasteiger partial charge is 0.454 e. The minimum absolute atomic E-state index is 0.151. The smallest absolute Gasteiger partial charge is 0.417 e. The first kappa shape index (κ1) is 36.0. The molecule has 0 fully saturated rings. The summed E-state index contributed by atoms with van der Waals surface area (Å²) >= 11 is 0. The SMILES string of the molecule is CCCC[C@@H](C(=O)COC(=O)c1c(C(F)(F)F)cccc1C(F)(F)F)n1cc([C@@](C)(NC(=O)c2ccc3ncccc3c2)C(C)C)nn1. The van der Waals surface area contributed by atoms with Crippen molar-refractivity contribution in [2.24, 2.45) is 5.92 Å².